The highest BCUT2D eigenvalue weighted by atomic mass is 32.1. The number of fused-ring (bicyclic) bond motifs is 3. The number of amides is 4. The van der Waals surface area contributed by atoms with Crippen LogP contribution >= 0.6 is 11.3 Å². The number of nitrogens with one attached hydrogen (secondary N) is 1. The van der Waals surface area contributed by atoms with Gasteiger partial charge in [0.1, 0.15) is 28.2 Å². The maximum Gasteiger partial charge on any atom is 0.317 e. The van der Waals surface area contributed by atoms with Crippen molar-refractivity contribution in [3.05, 3.63) is 99.4 Å². The summed E-state index contributed by atoms with van der Waals surface area (Å²) in [6.45, 7) is 5.52. The summed E-state index contributed by atoms with van der Waals surface area (Å²) in [5.41, 5.74) is 14.7. The lowest BCUT2D eigenvalue weighted by Gasteiger charge is -2.13. The Morgan fingerprint density at radius 2 is 1.69 bits per heavy atom. The van der Waals surface area contributed by atoms with Gasteiger partial charge in [-0.3, -0.25) is 24.5 Å². The molecule has 2 aromatic carbocycles. The lowest BCUT2D eigenvalue weighted by Crippen LogP contribution is -2.20. The molecule has 0 aliphatic rings. The van der Waals surface area contributed by atoms with Gasteiger partial charge in [-0.1, -0.05) is 30.4 Å². The molecule has 4 amide bonds. The Labute approximate surface area is 338 Å². The molecule has 59 heavy (non-hydrogen) atoms. The van der Waals surface area contributed by atoms with Crippen molar-refractivity contribution in [2.45, 2.75) is 46.7 Å². The number of ether oxygens (including phenoxy) is 2. The number of methoxy groups -OCH3 is 1. The van der Waals surface area contributed by atoms with E-state index in [-0.39, 0.29) is 65.4 Å². The Morgan fingerprint density at radius 3 is 2.41 bits per heavy atom. The quantitative estimate of drug-likeness (QED) is 0.0856. The van der Waals surface area contributed by atoms with Crippen LogP contribution in [0.1, 0.15) is 72.4 Å². The molecule has 20 heteroatoms. The summed E-state index contributed by atoms with van der Waals surface area (Å²) in [4.78, 5) is 70.1. The smallest absolute Gasteiger partial charge is 0.317 e. The fraction of sp³-hybridized carbons (Fsp3) is 0.256. The minimum Gasteiger partial charge on any atom is -0.494 e. The van der Waals surface area contributed by atoms with Gasteiger partial charge >= 0.3 is 5.91 Å². The highest BCUT2D eigenvalue weighted by Gasteiger charge is 2.23. The summed E-state index contributed by atoms with van der Waals surface area (Å²) < 4.78 is 22.8. The zero-order valence-electron chi connectivity index (χ0n) is 32.4. The number of thiazole rings is 1. The number of hydrogen-bond acceptors (Lipinski definition) is 13. The second-order valence-corrected chi connectivity index (χ2v) is 14.2. The molecule has 0 saturated heterocycles. The Balaban J connectivity index is 1.31. The number of nitrogens with two attached hydrogens (primary N) is 2. The summed E-state index contributed by atoms with van der Waals surface area (Å²) in [7, 11) is 1.46. The molecule has 6 N–H and O–H groups in total. The molecule has 0 bridgehead atoms. The lowest BCUT2D eigenvalue weighted by atomic mass is 10.1. The monoisotopic (exact) mass is 821 g/mol. The number of benzene rings is 2. The van der Waals surface area contributed by atoms with E-state index < -0.39 is 23.6 Å². The van der Waals surface area contributed by atoms with E-state index >= 15 is 0 Å². The third kappa shape index (κ3) is 8.03. The predicted molar refractivity (Wildman–Crippen MR) is 216 cm³/mol. The van der Waals surface area contributed by atoms with Crippen molar-refractivity contribution in [1.82, 2.24) is 33.7 Å². The van der Waals surface area contributed by atoms with Crippen LogP contribution in [0.2, 0.25) is 0 Å². The molecule has 0 radical (unpaired) electrons. The minimum absolute atomic E-state index is 0.0302. The molecule has 304 valence electrons. The number of hydrogen-bond donors (Lipinski definition) is 4. The van der Waals surface area contributed by atoms with Crippen LogP contribution in [-0.4, -0.2) is 82.8 Å². The minimum atomic E-state index is -0.713. The van der Waals surface area contributed by atoms with Crippen LogP contribution in [0.3, 0.4) is 0 Å². The van der Waals surface area contributed by atoms with Crippen LogP contribution in [-0.2, 0) is 19.5 Å². The number of aliphatic hydroxyl groups excluding tert-OH is 1. The van der Waals surface area contributed by atoms with E-state index in [9.17, 15) is 24.3 Å². The topological polar surface area (TPSA) is 262 Å². The van der Waals surface area contributed by atoms with E-state index in [2.05, 4.69) is 25.4 Å². The number of allylic oxidation sites excluding steroid dienone is 2. The van der Waals surface area contributed by atoms with E-state index in [1.807, 2.05) is 13.0 Å². The zero-order valence-corrected chi connectivity index (χ0v) is 33.2. The second kappa shape index (κ2) is 16.7. The van der Waals surface area contributed by atoms with Gasteiger partial charge in [0.2, 0.25) is 23.5 Å². The second-order valence-electron chi connectivity index (χ2n) is 13.2. The number of aromatic nitrogens is 7. The van der Waals surface area contributed by atoms with Crippen molar-refractivity contribution in [2.24, 2.45) is 16.5 Å². The van der Waals surface area contributed by atoms with Crippen LogP contribution in [0.5, 0.6) is 11.5 Å². The first kappa shape index (κ1) is 40.0. The van der Waals surface area contributed by atoms with Crippen molar-refractivity contribution in [3.8, 4) is 11.5 Å². The van der Waals surface area contributed by atoms with E-state index in [0.29, 0.717) is 62.8 Å². The number of imidazole rings is 1. The Hall–Kier alpha value is -7.19. The van der Waals surface area contributed by atoms with Gasteiger partial charge in [0, 0.05) is 55.9 Å². The molecule has 0 saturated carbocycles. The van der Waals surface area contributed by atoms with Gasteiger partial charge < -0.3 is 39.6 Å². The van der Waals surface area contributed by atoms with Crippen molar-refractivity contribution in [3.63, 3.8) is 0 Å². The summed E-state index contributed by atoms with van der Waals surface area (Å²) in [5, 5.41) is 16.6. The van der Waals surface area contributed by atoms with Crippen LogP contribution in [0.25, 0.3) is 26.9 Å². The number of carbonyl (C=O) groups excluding carboxylic acids is 4. The van der Waals surface area contributed by atoms with Gasteiger partial charge in [0.25, 0.3) is 5.91 Å². The van der Waals surface area contributed by atoms with E-state index in [0.717, 1.165) is 11.3 Å². The fourth-order valence-corrected chi connectivity index (χ4v) is 7.56. The number of carbonyl (C=O) groups is 4. The summed E-state index contributed by atoms with van der Waals surface area (Å²) in [5.74, 6) is -1.47. The molecule has 0 aliphatic carbocycles. The molecule has 7 rings (SSSR count). The third-order valence-corrected chi connectivity index (χ3v) is 10.1. The normalized spacial score (nSPS) is 12.0. The summed E-state index contributed by atoms with van der Waals surface area (Å²) >= 11 is 1.16. The van der Waals surface area contributed by atoms with Gasteiger partial charge in [-0.2, -0.15) is 10.1 Å². The number of oxazole rings is 1. The van der Waals surface area contributed by atoms with E-state index in [1.165, 1.54) is 36.0 Å². The molecule has 5 heterocycles. The number of rotatable bonds is 15. The van der Waals surface area contributed by atoms with Crippen molar-refractivity contribution >= 4 is 67.8 Å². The van der Waals surface area contributed by atoms with Gasteiger partial charge in [-0.05, 0) is 43.7 Å². The predicted octanol–water partition coefficient (Wildman–Crippen LogP) is 3.48. The third-order valence-electron chi connectivity index (χ3n) is 9.12. The van der Waals surface area contributed by atoms with Crippen molar-refractivity contribution in [2.75, 3.05) is 25.6 Å². The zero-order chi connectivity index (χ0) is 42.0. The van der Waals surface area contributed by atoms with Gasteiger partial charge in [0.05, 0.1) is 35.8 Å². The molecule has 0 aliphatic heterocycles. The SMILES string of the molecule is CCc1nc(C)oc1C(=O)N=c1sc2cc(C(N)=O)cc(OC)c2n1C/C=C/Cn1c(NC(=O)c2cc(C)nc3ccnn23)nc2cc(C(N)=O)cc(OCCCO)c21. The highest BCUT2D eigenvalue weighted by molar-refractivity contribution is 7.16. The first-order valence-electron chi connectivity index (χ1n) is 18.3. The summed E-state index contributed by atoms with van der Waals surface area (Å²) in [6.07, 6.45) is 5.92. The maximum absolute atomic E-state index is 13.9. The molecule has 0 fully saturated rings. The molecular weight excluding hydrogens is 783 g/mol. The maximum atomic E-state index is 13.9. The van der Waals surface area contributed by atoms with E-state index in [1.54, 1.807) is 47.3 Å². The van der Waals surface area contributed by atoms with E-state index in [4.69, 9.17) is 30.3 Å². The van der Waals surface area contributed by atoms with Gasteiger partial charge in [-0.15, -0.1) is 0 Å². The Bertz CT molecular complexity index is 2900. The lowest BCUT2D eigenvalue weighted by molar-refractivity contribution is 0.0965. The van der Waals surface area contributed by atoms with Crippen LogP contribution in [0, 0.1) is 13.8 Å². The molecule has 0 unspecified atom stereocenters. The first-order chi connectivity index (χ1) is 28.4. The standard InChI is InChI=1S/C39H39N11O8S/c1-5-24-33(58-21(3)44-24)37(55)47-39-49(32-27(56-4)17-23(35(41)53)19-29(32)59-39)12-7-6-11-48-31-25(16-22(34(40)52)18-28(31)57-14-8-13-51)45-38(48)46-36(54)26-15-20(2)43-30-9-10-42-50(26)30/h6-7,9-10,15-19,51H,5,8,11-14H2,1-4H3,(H2,40,52)(H2,41,53)(H,45,46,54)/b7-6+,47-39?. The highest BCUT2D eigenvalue weighted by Crippen LogP contribution is 2.32. The number of primary amides is 2. The molecule has 7 aromatic rings. The summed E-state index contributed by atoms with van der Waals surface area (Å²) in [6, 6.07) is 9.39. The molecule has 5 aromatic heterocycles. The molecule has 0 atom stereocenters. The average Bonchev–Trinajstić information content (AvgIpc) is 3.99. The largest absolute Gasteiger partial charge is 0.494 e. The Morgan fingerprint density at radius 1 is 0.966 bits per heavy atom. The van der Waals surface area contributed by atoms with Crippen molar-refractivity contribution in [1.29, 1.82) is 0 Å². The molecule has 19 nitrogen and oxygen atoms in total. The van der Waals surface area contributed by atoms with Crippen LogP contribution < -0.4 is 31.1 Å². The van der Waals surface area contributed by atoms with Gasteiger partial charge in [0.15, 0.2) is 16.3 Å². The molecule has 0 spiro atoms. The molecular formula is C39H39N11O8S. The average molecular weight is 822 g/mol. The van der Waals surface area contributed by atoms with Gasteiger partial charge in [-0.25, -0.2) is 19.5 Å². The number of aliphatic hydroxyl groups is 1. The number of anilines is 1. The van der Waals surface area contributed by atoms with Crippen LogP contribution in [0.15, 0.2) is 64.2 Å². The first-order valence-corrected chi connectivity index (χ1v) is 19.1. The Kier molecular flexibility index (Phi) is 11.3. The number of nitrogens with zero attached hydrogens (tertiary/aromatic N) is 8. The fourth-order valence-electron chi connectivity index (χ4n) is 6.47. The van der Waals surface area contributed by atoms with Crippen molar-refractivity contribution < 1.29 is 38.2 Å². The van der Waals surface area contributed by atoms with Crippen LogP contribution in [0.4, 0.5) is 5.95 Å². The number of aryl methyl sites for hydroxylation is 3.